The first kappa shape index (κ1) is 14.6. The van der Waals surface area contributed by atoms with E-state index in [4.69, 9.17) is 11.6 Å². The van der Waals surface area contributed by atoms with Crippen LogP contribution in [-0.4, -0.2) is 34.3 Å². The summed E-state index contributed by atoms with van der Waals surface area (Å²) in [4.78, 5) is 2.50. The van der Waals surface area contributed by atoms with Gasteiger partial charge in [0.15, 0.2) is 0 Å². The second-order valence-electron chi connectivity index (χ2n) is 5.45. The molecule has 0 amide bonds. The standard InChI is InChI=1S/C16H21ClN4/c1-2-21-12-13(9-19-21)11-20-7-6-18-10-16(20)14-4-3-5-15(17)8-14/h3-5,8-9,12,16,18H,2,6-7,10-11H2,1H3. The zero-order valence-electron chi connectivity index (χ0n) is 12.3. The van der Waals surface area contributed by atoms with Crippen molar-refractivity contribution in [2.75, 3.05) is 19.6 Å². The van der Waals surface area contributed by atoms with Crippen molar-refractivity contribution < 1.29 is 0 Å². The Kier molecular flexibility index (Phi) is 4.58. The summed E-state index contributed by atoms with van der Waals surface area (Å²) in [5.41, 5.74) is 2.54. The van der Waals surface area contributed by atoms with Gasteiger partial charge >= 0.3 is 0 Å². The lowest BCUT2D eigenvalue weighted by atomic mass is 10.0. The van der Waals surface area contributed by atoms with Crippen LogP contribution in [0.1, 0.15) is 24.1 Å². The van der Waals surface area contributed by atoms with Gasteiger partial charge in [-0.1, -0.05) is 23.7 Å². The second kappa shape index (κ2) is 6.60. The highest BCUT2D eigenvalue weighted by Crippen LogP contribution is 2.26. The van der Waals surface area contributed by atoms with E-state index in [1.807, 2.05) is 23.0 Å². The Morgan fingerprint density at radius 1 is 1.43 bits per heavy atom. The van der Waals surface area contributed by atoms with Gasteiger partial charge < -0.3 is 5.32 Å². The summed E-state index contributed by atoms with van der Waals surface area (Å²) in [6.07, 6.45) is 4.11. The Balaban J connectivity index is 1.78. The SMILES string of the molecule is CCn1cc(CN2CCNCC2c2cccc(Cl)c2)cn1. The predicted molar refractivity (Wildman–Crippen MR) is 85.4 cm³/mol. The molecule has 0 saturated carbocycles. The van der Waals surface area contributed by atoms with Crippen LogP contribution in [0.15, 0.2) is 36.7 Å². The van der Waals surface area contributed by atoms with Crippen LogP contribution >= 0.6 is 11.6 Å². The Hall–Kier alpha value is -1.36. The Morgan fingerprint density at radius 2 is 2.33 bits per heavy atom. The number of benzene rings is 1. The number of hydrogen-bond acceptors (Lipinski definition) is 3. The average molecular weight is 305 g/mol. The van der Waals surface area contributed by atoms with Crippen LogP contribution in [0.5, 0.6) is 0 Å². The summed E-state index contributed by atoms with van der Waals surface area (Å²) < 4.78 is 1.98. The van der Waals surface area contributed by atoms with Crippen molar-refractivity contribution in [3.8, 4) is 0 Å². The molecule has 0 radical (unpaired) electrons. The van der Waals surface area contributed by atoms with E-state index in [1.54, 1.807) is 0 Å². The molecule has 2 heterocycles. The fourth-order valence-corrected chi connectivity index (χ4v) is 3.07. The molecule has 1 aliphatic heterocycles. The van der Waals surface area contributed by atoms with E-state index in [9.17, 15) is 0 Å². The zero-order chi connectivity index (χ0) is 14.7. The van der Waals surface area contributed by atoms with Crippen molar-refractivity contribution in [1.82, 2.24) is 20.0 Å². The molecule has 21 heavy (non-hydrogen) atoms. The van der Waals surface area contributed by atoms with E-state index in [0.29, 0.717) is 6.04 Å². The first-order valence-corrected chi connectivity index (χ1v) is 7.85. The normalized spacial score (nSPS) is 19.8. The minimum absolute atomic E-state index is 0.363. The zero-order valence-corrected chi connectivity index (χ0v) is 13.1. The van der Waals surface area contributed by atoms with Gasteiger partial charge in [-0.25, -0.2) is 0 Å². The molecule has 1 fully saturated rings. The summed E-state index contributed by atoms with van der Waals surface area (Å²) in [5.74, 6) is 0. The molecule has 0 spiro atoms. The Bertz CT molecular complexity index is 595. The van der Waals surface area contributed by atoms with Crippen molar-refractivity contribution >= 4 is 11.6 Å². The topological polar surface area (TPSA) is 33.1 Å². The summed E-state index contributed by atoms with van der Waals surface area (Å²) in [7, 11) is 0. The van der Waals surface area contributed by atoms with E-state index >= 15 is 0 Å². The molecule has 1 N–H and O–H groups in total. The first-order valence-electron chi connectivity index (χ1n) is 7.48. The molecule has 3 rings (SSSR count). The highest BCUT2D eigenvalue weighted by atomic mass is 35.5. The smallest absolute Gasteiger partial charge is 0.0534 e. The third kappa shape index (κ3) is 3.46. The number of hydrogen-bond donors (Lipinski definition) is 1. The van der Waals surface area contributed by atoms with E-state index in [-0.39, 0.29) is 0 Å². The Morgan fingerprint density at radius 3 is 3.10 bits per heavy atom. The van der Waals surface area contributed by atoms with Crippen LogP contribution in [0.4, 0.5) is 0 Å². The maximum Gasteiger partial charge on any atom is 0.0534 e. The van der Waals surface area contributed by atoms with Crippen LogP contribution in [-0.2, 0) is 13.1 Å². The highest BCUT2D eigenvalue weighted by molar-refractivity contribution is 6.30. The Labute approximate surface area is 130 Å². The van der Waals surface area contributed by atoms with Gasteiger partial charge in [0.1, 0.15) is 0 Å². The lowest BCUT2D eigenvalue weighted by molar-refractivity contribution is 0.153. The maximum atomic E-state index is 6.14. The van der Waals surface area contributed by atoms with Crippen molar-refractivity contribution in [2.24, 2.45) is 0 Å². The fraction of sp³-hybridized carbons (Fsp3) is 0.438. The number of piperazine rings is 1. The van der Waals surface area contributed by atoms with Gasteiger partial charge in [-0.3, -0.25) is 9.58 Å². The third-order valence-corrected chi connectivity index (χ3v) is 4.22. The van der Waals surface area contributed by atoms with E-state index in [2.05, 4.69) is 40.6 Å². The number of aromatic nitrogens is 2. The van der Waals surface area contributed by atoms with Crippen LogP contribution in [0, 0.1) is 0 Å². The molecule has 1 saturated heterocycles. The lowest BCUT2D eigenvalue weighted by Crippen LogP contribution is -2.45. The van der Waals surface area contributed by atoms with Crippen LogP contribution in [0.2, 0.25) is 5.02 Å². The van der Waals surface area contributed by atoms with Crippen molar-refractivity contribution in [2.45, 2.75) is 26.1 Å². The number of aryl methyl sites for hydroxylation is 1. The molecule has 5 heteroatoms. The molecule has 112 valence electrons. The quantitative estimate of drug-likeness (QED) is 0.943. The van der Waals surface area contributed by atoms with Gasteiger partial charge in [-0.05, 0) is 24.6 Å². The number of rotatable bonds is 4. The molecule has 4 nitrogen and oxygen atoms in total. The van der Waals surface area contributed by atoms with Crippen LogP contribution < -0.4 is 5.32 Å². The largest absolute Gasteiger partial charge is 0.314 e. The third-order valence-electron chi connectivity index (χ3n) is 3.98. The second-order valence-corrected chi connectivity index (χ2v) is 5.89. The number of halogens is 1. The maximum absolute atomic E-state index is 6.14. The van der Waals surface area contributed by atoms with E-state index in [1.165, 1.54) is 11.1 Å². The molecule has 0 bridgehead atoms. The summed E-state index contributed by atoms with van der Waals surface area (Å²) in [5, 5.41) is 8.65. The van der Waals surface area contributed by atoms with Crippen molar-refractivity contribution in [1.29, 1.82) is 0 Å². The average Bonchev–Trinajstić information content (AvgIpc) is 2.95. The van der Waals surface area contributed by atoms with Crippen molar-refractivity contribution in [3.63, 3.8) is 0 Å². The lowest BCUT2D eigenvalue weighted by Gasteiger charge is -2.36. The van der Waals surface area contributed by atoms with Gasteiger partial charge in [0.2, 0.25) is 0 Å². The molecule has 1 unspecified atom stereocenters. The van der Waals surface area contributed by atoms with Gasteiger partial charge in [0.05, 0.1) is 6.20 Å². The molecule has 1 aromatic heterocycles. The molecule has 1 atom stereocenters. The number of nitrogens with one attached hydrogen (secondary N) is 1. The molecular formula is C16H21ClN4. The molecular weight excluding hydrogens is 284 g/mol. The molecule has 1 aromatic carbocycles. The highest BCUT2D eigenvalue weighted by Gasteiger charge is 2.24. The first-order chi connectivity index (χ1) is 10.3. The van der Waals surface area contributed by atoms with E-state index in [0.717, 1.165) is 37.7 Å². The van der Waals surface area contributed by atoms with Crippen molar-refractivity contribution in [3.05, 3.63) is 52.8 Å². The molecule has 1 aliphatic rings. The summed E-state index contributed by atoms with van der Waals surface area (Å²) in [6.45, 7) is 6.98. The minimum Gasteiger partial charge on any atom is -0.314 e. The van der Waals surface area contributed by atoms with Gasteiger partial charge in [0, 0.05) is 55.5 Å². The van der Waals surface area contributed by atoms with Gasteiger partial charge in [-0.15, -0.1) is 0 Å². The van der Waals surface area contributed by atoms with Gasteiger partial charge in [-0.2, -0.15) is 5.10 Å². The molecule has 2 aromatic rings. The number of nitrogens with zero attached hydrogens (tertiary/aromatic N) is 3. The summed E-state index contributed by atoms with van der Waals surface area (Å²) in [6, 6.07) is 8.55. The summed E-state index contributed by atoms with van der Waals surface area (Å²) >= 11 is 6.14. The molecule has 0 aliphatic carbocycles. The minimum atomic E-state index is 0.363. The van der Waals surface area contributed by atoms with Crippen LogP contribution in [0.3, 0.4) is 0 Å². The monoisotopic (exact) mass is 304 g/mol. The predicted octanol–water partition coefficient (Wildman–Crippen LogP) is 2.70. The van der Waals surface area contributed by atoms with Gasteiger partial charge in [0.25, 0.3) is 0 Å². The van der Waals surface area contributed by atoms with E-state index < -0.39 is 0 Å². The van der Waals surface area contributed by atoms with Crippen LogP contribution in [0.25, 0.3) is 0 Å². The fourth-order valence-electron chi connectivity index (χ4n) is 2.87.